The van der Waals surface area contributed by atoms with Crippen LogP contribution in [0.5, 0.6) is 0 Å². The molecule has 0 saturated heterocycles. The fourth-order valence-corrected chi connectivity index (χ4v) is 2.04. The number of aromatic nitrogens is 2. The highest BCUT2D eigenvalue weighted by Crippen LogP contribution is 2.22. The first-order valence-electron chi connectivity index (χ1n) is 5.17. The van der Waals surface area contributed by atoms with Gasteiger partial charge in [-0.25, -0.2) is 0 Å². The topological polar surface area (TPSA) is 29.9 Å². The van der Waals surface area contributed by atoms with Crippen LogP contribution in [0.4, 0.5) is 5.69 Å². The molecular weight excluding hydrogens is 186 g/mol. The summed E-state index contributed by atoms with van der Waals surface area (Å²) in [5.74, 6) is 0. The lowest BCUT2D eigenvalue weighted by molar-refractivity contribution is 0.662. The van der Waals surface area contributed by atoms with Crippen molar-refractivity contribution in [1.82, 2.24) is 9.78 Å². The van der Waals surface area contributed by atoms with E-state index in [1.54, 1.807) is 0 Å². The first-order valence-corrected chi connectivity index (χ1v) is 5.17. The molecule has 0 amide bonds. The van der Waals surface area contributed by atoms with Gasteiger partial charge in [-0.1, -0.05) is 18.2 Å². The molecular formula is C12H13N3. The van der Waals surface area contributed by atoms with Crippen molar-refractivity contribution in [2.45, 2.75) is 20.0 Å². The van der Waals surface area contributed by atoms with Crippen LogP contribution in [-0.4, -0.2) is 9.78 Å². The van der Waals surface area contributed by atoms with E-state index < -0.39 is 0 Å². The Kier molecular flexibility index (Phi) is 1.78. The summed E-state index contributed by atoms with van der Waals surface area (Å²) >= 11 is 0. The summed E-state index contributed by atoms with van der Waals surface area (Å²) < 4.78 is 2.08. The van der Waals surface area contributed by atoms with Crippen molar-refractivity contribution in [2.75, 3.05) is 5.32 Å². The van der Waals surface area contributed by atoms with Crippen LogP contribution in [0.3, 0.4) is 0 Å². The molecule has 0 saturated carbocycles. The van der Waals surface area contributed by atoms with Gasteiger partial charge in [-0.05, 0) is 24.1 Å². The minimum absolute atomic E-state index is 0.864. The van der Waals surface area contributed by atoms with Gasteiger partial charge in [0.2, 0.25) is 0 Å². The highest BCUT2D eigenvalue weighted by Gasteiger charge is 2.13. The number of fused-ring (bicyclic) bond motifs is 2. The van der Waals surface area contributed by atoms with Gasteiger partial charge >= 0.3 is 0 Å². The van der Waals surface area contributed by atoms with Crippen molar-refractivity contribution in [3.8, 4) is 0 Å². The molecule has 3 rings (SSSR count). The Morgan fingerprint density at radius 2 is 2.20 bits per heavy atom. The first-order chi connectivity index (χ1) is 7.34. The molecule has 15 heavy (non-hydrogen) atoms. The van der Waals surface area contributed by atoms with Crippen molar-refractivity contribution < 1.29 is 0 Å². The second-order valence-corrected chi connectivity index (χ2v) is 3.94. The number of rotatable bonds is 0. The Morgan fingerprint density at radius 1 is 1.33 bits per heavy atom. The monoisotopic (exact) mass is 199 g/mol. The smallest absolute Gasteiger partial charge is 0.0683 e. The summed E-state index contributed by atoms with van der Waals surface area (Å²) in [6.07, 6.45) is 1.94. The maximum Gasteiger partial charge on any atom is 0.0683 e. The minimum atomic E-state index is 0.864. The molecule has 0 aliphatic carbocycles. The van der Waals surface area contributed by atoms with E-state index in [4.69, 9.17) is 0 Å². The van der Waals surface area contributed by atoms with Gasteiger partial charge in [0.1, 0.15) is 0 Å². The molecule has 76 valence electrons. The van der Waals surface area contributed by atoms with Gasteiger partial charge in [0.15, 0.2) is 0 Å². The third-order valence-electron chi connectivity index (χ3n) is 2.94. The van der Waals surface area contributed by atoms with Crippen LogP contribution in [0.15, 0.2) is 30.5 Å². The number of nitrogens with one attached hydrogen (secondary N) is 1. The number of nitrogens with zero attached hydrogens (tertiary/aromatic N) is 2. The Hall–Kier alpha value is -1.77. The standard InChI is InChI=1S/C12H13N3/c1-9-6-14-15-8-10-4-2-3-5-11(10)13-7-12(9)15/h2-6,13H,7-8H2,1H3. The van der Waals surface area contributed by atoms with Crippen molar-refractivity contribution >= 4 is 5.69 Å². The molecule has 3 heteroatoms. The van der Waals surface area contributed by atoms with Crippen LogP contribution in [-0.2, 0) is 13.1 Å². The number of hydrogen-bond donors (Lipinski definition) is 1. The van der Waals surface area contributed by atoms with E-state index in [-0.39, 0.29) is 0 Å². The summed E-state index contributed by atoms with van der Waals surface area (Å²) in [4.78, 5) is 0. The minimum Gasteiger partial charge on any atom is -0.379 e. The number of hydrogen-bond acceptors (Lipinski definition) is 2. The van der Waals surface area contributed by atoms with E-state index in [1.807, 2.05) is 6.20 Å². The molecule has 0 bridgehead atoms. The SMILES string of the molecule is Cc1cnn2c1CNc1ccccc1C2. The zero-order chi connectivity index (χ0) is 10.3. The summed E-state index contributed by atoms with van der Waals surface area (Å²) in [6.45, 7) is 3.84. The average molecular weight is 199 g/mol. The lowest BCUT2D eigenvalue weighted by Crippen LogP contribution is -2.05. The lowest BCUT2D eigenvalue weighted by Gasteiger charge is -2.05. The van der Waals surface area contributed by atoms with Crippen LogP contribution < -0.4 is 5.32 Å². The van der Waals surface area contributed by atoms with Crippen molar-refractivity contribution in [3.05, 3.63) is 47.3 Å². The van der Waals surface area contributed by atoms with E-state index in [0.29, 0.717) is 0 Å². The number of benzene rings is 1. The summed E-state index contributed by atoms with van der Waals surface area (Å²) in [5, 5.41) is 7.84. The average Bonchev–Trinajstić information content (AvgIpc) is 2.51. The second-order valence-electron chi connectivity index (χ2n) is 3.94. The van der Waals surface area contributed by atoms with E-state index in [2.05, 4.69) is 46.3 Å². The normalized spacial score (nSPS) is 13.7. The molecule has 1 aromatic carbocycles. The van der Waals surface area contributed by atoms with Gasteiger partial charge in [-0.2, -0.15) is 5.10 Å². The summed E-state index contributed by atoms with van der Waals surface area (Å²) in [6, 6.07) is 8.40. The molecule has 0 spiro atoms. The number of para-hydroxylation sites is 1. The molecule has 2 aromatic rings. The predicted molar refractivity (Wildman–Crippen MR) is 59.8 cm³/mol. The lowest BCUT2D eigenvalue weighted by atomic mass is 10.2. The Balaban J connectivity index is 2.10. The van der Waals surface area contributed by atoms with E-state index in [0.717, 1.165) is 13.1 Å². The fourth-order valence-electron chi connectivity index (χ4n) is 2.04. The van der Waals surface area contributed by atoms with Crippen LogP contribution in [0, 0.1) is 6.92 Å². The maximum atomic E-state index is 4.39. The van der Waals surface area contributed by atoms with E-state index in [9.17, 15) is 0 Å². The zero-order valence-corrected chi connectivity index (χ0v) is 8.70. The molecule has 0 unspecified atom stereocenters. The Bertz CT molecular complexity index is 499. The number of aryl methyl sites for hydroxylation is 1. The summed E-state index contributed by atoms with van der Waals surface area (Å²) in [5.41, 5.74) is 5.07. The predicted octanol–water partition coefficient (Wildman–Crippen LogP) is 2.17. The van der Waals surface area contributed by atoms with Crippen LogP contribution >= 0.6 is 0 Å². The van der Waals surface area contributed by atoms with Crippen LogP contribution in [0.1, 0.15) is 16.8 Å². The quantitative estimate of drug-likeness (QED) is 0.704. The largest absolute Gasteiger partial charge is 0.379 e. The molecule has 1 N–H and O–H groups in total. The van der Waals surface area contributed by atoms with Gasteiger partial charge in [-0.15, -0.1) is 0 Å². The number of anilines is 1. The van der Waals surface area contributed by atoms with Gasteiger partial charge < -0.3 is 5.32 Å². The molecule has 0 atom stereocenters. The second kappa shape index (κ2) is 3.12. The molecule has 3 nitrogen and oxygen atoms in total. The van der Waals surface area contributed by atoms with Gasteiger partial charge in [0, 0.05) is 5.69 Å². The Labute approximate surface area is 88.7 Å². The third-order valence-corrected chi connectivity index (χ3v) is 2.94. The van der Waals surface area contributed by atoms with Gasteiger partial charge in [0.25, 0.3) is 0 Å². The fraction of sp³-hybridized carbons (Fsp3) is 0.250. The van der Waals surface area contributed by atoms with Crippen LogP contribution in [0.25, 0.3) is 0 Å². The summed E-state index contributed by atoms with van der Waals surface area (Å²) in [7, 11) is 0. The first kappa shape index (κ1) is 8.53. The molecule has 1 aliphatic heterocycles. The van der Waals surface area contributed by atoms with Crippen molar-refractivity contribution in [1.29, 1.82) is 0 Å². The highest BCUT2D eigenvalue weighted by atomic mass is 15.3. The van der Waals surface area contributed by atoms with Gasteiger partial charge in [-0.3, -0.25) is 4.68 Å². The maximum absolute atomic E-state index is 4.39. The Morgan fingerprint density at radius 3 is 3.13 bits per heavy atom. The molecule has 0 fully saturated rings. The van der Waals surface area contributed by atoms with E-state index in [1.165, 1.54) is 22.5 Å². The van der Waals surface area contributed by atoms with Crippen molar-refractivity contribution in [3.63, 3.8) is 0 Å². The van der Waals surface area contributed by atoms with Crippen molar-refractivity contribution in [2.24, 2.45) is 0 Å². The van der Waals surface area contributed by atoms with Gasteiger partial charge in [0.05, 0.1) is 25.0 Å². The highest BCUT2D eigenvalue weighted by molar-refractivity contribution is 5.52. The van der Waals surface area contributed by atoms with E-state index >= 15 is 0 Å². The zero-order valence-electron chi connectivity index (χ0n) is 8.70. The molecule has 1 aromatic heterocycles. The van der Waals surface area contributed by atoms with Crippen LogP contribution in [0.2, 0.25) is 0 Å². The molecule has 1 aliphatic rings. The molecule has 2 heterocycles. The molecule has 0 radical (unpaired) electrons. The third kappa shape index (κ3) is 1.31.